The van der Waals surface area contributed by atoms with E-state index in [4.69, 9.17) is 4.74 Å². The van der Waals surface area contributed by atoms with E-state index in [1.165, 1.54) is 6.07 Å². The number of ether oxygens (including phenoxy) is 1. The predicted molar refractivity (Wildman–Crippen MR) is 104 cm³/mol. The molecule has 0 unspecified atom stereocenters. The zero-order chi connectivity index (χ0) is 20.6. The van der Waals surface area contributed by atoms with Crippen molar-refractivity contribution < 1.29 is 23.8 Å². The van der Waals surface area contributed by atoms with Crippen LogP contribution < -0.4 is 4.90 Å². The number of allylic oxidation sites excluding steroid dienone is 3. The van der Waals surface area contributed by atoms with Crippen molar-refractivity contribution in [3.05, 3.63) is 40.8 Å². The molecule has 1 aromatic rings. The molecule has 1 aromatic carbocycles. The molecule has 1 atom stereocenters. The van der Waals surface area contributed by atoms with E-state index >= 15 is 0 Å². The van der Waals surface area contributed by atoms with Gasteiger partial charge in [-0.2, -0.15) is 0 Å². The molecule has 6 nitrogen and oxygen atoms in total. The van der Waals surface area contributed by atoms with E-state index in [-0.39, 0.29) is 23.3 Å². The molecule has 0 saturated carbocycles. The lowest BCUT2D eigenvalue weighted by Crippen LogP contribution is -2.41. The summed E-state index contributed by atoms with van der Waals surface area (Å²) in [4.78, 5) is 27.4. The average Bonchev–Trinajstić information content (AvgIpc) is 3.09. The molecule has 0 aliphatic carbocycles. The Morgan fingerprint density at radius 2 is 2.11 bits per heavy atom. The third kappa shape index (κ3) is 3.81. The lowest BCUT2D eigenvalue weighted by molar-refractivity contribution is 0.0292. The van der Waals surface area contributed by atoms with Crippen LogP contribution in [0.25, 0.3) is 5.57 Å². The van der Waals surface area contributed by atoms with Crippen LogP contribution in [0, 0.1) is 5.82 Å². The highest BCUT2D eigenvalue weighted by Crippen LogP contribution is 2.39. The zero-order valence-corrected chi connectivity index (χ0v) is 16.6. The Hall–Kier alpha value is -2.63. The lowest BCUT2D eigenvalue weighted by Gasteiger charge is -2.36. The number of anilines is 1. The Bertz CT molecular complexity index is 881. The van der Waals surface area contributed by atoms with E-state index in [9.17, 15) is 19.1 Å². The molecule has 2 heterocycles. The molecule has 1 N–H and O–H groups in total. The molecule has 1 fully saturated rings. The summed E-state index contributed by atoms with van der Waals surface area (Å²) in [6.07, 6.45) is 2.01. The minimum Gasteiger partial charge on any atom is -0.444 e. The first-order chi connectivity index (χ1) is 13.1. The van der Waals surface area contributed by atoms with Crippen LogP contribution >= 0.6 is 0 Å². The van der Waals surface area contributed by atoms with Crippen molar-refractivity contribution in [3.8, 4) is 0 Å². The summed E-state index contributed by atoms with van der Waals surface area (Å²) in [6.45, 7) is 7.89. The highest BCUT2D eigenvalue weighted by atomic mass is 19.1. The average molecular weight is 388 g/mol. The molecule has 0 aromatic heterocycles. The molecule has 1 amide bonds. The molecule has 7 heteroatoms. The van der Waals surface area contributed by atoms with Gasteiger partial charge in [-0.3, -0.25) is 0 Å². The highest BCUT2D eigenvalue weighted by Gasteiger charge is 2.36. The number of carbonyl (C=O) groups excluding carboxylic acids is 2. The maximum atomic E-state index is 14.2. The number of carbonyl (C=O) groups is 1. The number of rotatable bonds is 2. The van der Waals surface area contributed by atoms with Crippen LogP contribution in [0.2, 0.25) is 0 Å². The number of aliphatic hydroxyl groups is 1. The number of amides is 1. The number of aliphatic hydroxyl groups excluding tert-OH is 1. The van der Waals surface area contributed by atoms with Crippen LogP contribution in [0.3, 0.4) is 0 Å². The third-order valence-electron chi connectivity index (χ3n) is 4.91. The minimum atomic E-state index is -0.570. The highest BCUT2D eigenvalue weighted by molar-refractivity contribution is 6.00. The maximum Gasteiger partial charge on any atom is 0.410 e. The van der Waals surface area contributed by atoms with Crippen LogP contribution in [0.5, 0.6) is 0 Å². The number of halogens is 1. The van der Waals surface area contributed by atoms with Gasteiger partial charge < -0.3 is 19.6 Å². The van der Waals surface area contributed by atoms with Crippen molar-refractivity contribution in [2.45, 2.75) is 52.4 Å². The van der Waals surface area contributed by atoms with Crippen LogP contribution in [0.1, 0.15) is 45.2 Å². The quantitative estimate of drug-likeness (QED) is 0.788. The van der Waals surface area contributed by atoms with Crippen LogP contribution in [-0.4, -0.2) is 46.8 Å². The molecule has 1 saturated heterocycles. The number of nitrogens with zero attached hydrogens (tertiary/aromatic N) is 2. The second-order valence-corrected chi connectivity index (χ2v) is 8.16. The van der Waals surface area contributed by atoms with Gasteiger partial charge in [0.1, 0.15) is 17.4 Å². The molecule has 0 radical (unpaired) electrons. The van der Waals surface area contributed by atoms with E-state index in [0.29, 0.717) is 30.8 Å². The van der Waals surface area contributed by atoms with E-state index in [0.717, 1.165) is 5.70 Å². The van der Waals surface area contributed by atoms with Crippen LogP contribution in [-0.2, 0) is 16.1 Å². The second-order valence-electron chi connectivity index (χ2n) is 8.16. The summed E-state index contributed by atoms with van der Waals surface area (Å²) in [5, 5.41) is 9.46. The lowest BCUT2D eigenvalue weighted by atomic mass is 9.95. The van der Waals surface area contributed by atoms with Gasteiger partial charge in [0.25, 0.3) is 0 Å². The van der Waals surface area contributed by atoms with E-state index in [1.807, 2.05) is 38.5 Å². The SMILES string of the molecule is CC1=CC(=C=O)c2cc(F)c(CO)cc2N1[C@@H]1CCN(C(=O)OC(C)(C)C)C1. The van der Waals surface area contributed by atoms with Gasteiger partial charge in [0.05, 0.1) is 23.9 Å². The third-order valence-corrected chi connectivity index (χ3v) is 4.91. The molecular weight excluding hydrogens is 363 g/mol. The normalized spacial score (nSPS) is 19.3. The largest absolute Gasteiger partial charge is 0.444 e. The first-order valence-electron chi connectivity index (χ1n) is 9.29. The van der Waals surface area contributed by atoms with Crippen molar-refractivity contribution >= 4 is 23.3 Å². The van der Waals surface area contributed by atoms with E-state index < -0.39 is 18.0 Å². The molecule has 3 rings (SSSR count). The van der Waals surface area contributed by atoms with Gasteiger partial charge in [-0.1, -0.05) is 0 Å². The number of hydrogen-bond donors (Lipinski definition) is 1. The fourth-order valence-electron chi connectivity index (χ4n) is 3.70. The Morgan fingerprint density at radius 3 is 2.71 bits per heavy atom. The van der Waals surface area contributed by atoms with Gasteiger partial charge in [-0.15, -0.1) is 0 Å². The summed E-state index contributed by atoms with van der Waals surface area (Å²) < 4.78 is 19.7. The minimum absolute atomic E-state index is 0.0484. The van der Waals surface area contributed by atoms with Gasteiger partial charge in [-0.05, 0) is 52.3 Å². The summed E-state index contributed by atoms with van der Waals surface area (Å²) in [5.41, 5.74) is 1.74. The van der Waals surface area contributed by atoms with Crippen molar-refractivity contribution in [1.82, 2.24) is 4.90 Å². The summed E-state index contributed by atoms with van der Waals surface area (Å²) in [7, 11) is 0. The number of benzene rings is 1. The number of fused-ring (bicyclic) bond motifs is 1. The fourth-order valence-corrected chi connectivity index (χ4v) is 3.70. The topological polar surface area (TPSA) is 70.1 Å². The Balaban J connectivity index is 1.93. The summed E-state index contributed by atoms with van der Waals surface area (Å²) in [6, 6.07) is 2.78. The zero-order valence-electron chi connectivity index (χ0n) is 16.6. The molecule has 0 bridgehead atoms. The Morgan fingerprint density at radius 1 is 1.39 bits per heavy atom. The van der Waals surface area contributed by atoms with Crippen molar-refractivity contribution in [1.29, 1.82) is 0 Å². The van der Waals surface area contributed by atoms with Gasteiger partial charge in [0, 0.05) is 29.9 Å². The smallest absolute Gasteiger partial charge is 0.410 e. The summed E-state index contributed by atoms with van der Waals surface area (Å²) >= 11 is 0. The van der Waals surface area contributed by atoms with Crippen LogP contribution in [0.15, 0.2) is 23.9 Å². The molecular formula is C21H25FN2O4. The van der Waals surface area contributed by atoms with Gasteiger partial charge in [0.2, 0.25) is 0 Å². The predicted octanol–water partition coefficient (Wildman–Crippen LogP) is 3.27. The molecule has 150 valence electrons. The standard InChI is InChI=1S/C21H25FN2O4/c1-13-7-14(11-25)17-9-18(22)15(12-26)8-19(17)24(13)16-5-6-23(10-16)20(27)28-21(2,3)4/h7-9,16,26H,5-6,10,12H2,1-4H3/t16-/m1/s1. The van der Waals surface area contributed by atoms with Gasteiger partial charge in [-0.25, -0.2) is 14.0 Å². The van der Waals surface area contributed by atoms with Gasteiger partial charge >= 0.3 is 6.09 Å². The molecule has 28 heavy (non-hydrogen) atoms. The molecule has 0 spiro atoms. The second kappa shape index (κ2) is 7.41. The number of likely N-dealkylation sites (tertiary alicyclic amines) is 1. The molecule has 2 aliphatic heterocycles. The summed E-state index contributed by atoms with van der Waals surface area (Å²) in [5.74, 6) is 1.30. The van der Waals surface area contributed by atoms with Crippen molar-refractivity contribution in [2.24, 2.45) is 0 Å². The van der Waals surface area contributed by atoms with E-state index in [2.05, 4.69) is 0 Å². The molecule has 2 aliphatic rings. The maximum absolute atomic E-state index is 14.2. The fraction of sp³-hybridized carbons (Fsp3) is 0.476. The number of hydrogen-bond acceptors (Lipinski definition) is 5. The van der Waals surface area contributed by atoms with Gasteiger partial charge in [0.15, 0.2) is 0 Å². The Labute approximate surface area is 163 Å². The first kappa shape index (κ1) is 20.1. The monoisotopic (exact) mass is 388 g/mol. The van der Waals surface area contributed by atoms with E-state index in [1.54, 1.807) is 17.0 Å². The van der Waals surface area contributed by atoms with Crippen molar-refractivity contribution in [2.75, 3.05) is 18.0 Å². The first-order valence-corrected chi connectivity index (χ1v) is 9.29. The Kier molecular flexibility index (Phi) is 5.33. The van der Waals surface area contributed by atoms with Crippen LogP contribution in [0.4, 0.5) is 14.9 Å². The van der Waals surface area contributed by atoms with Crippen molar-refractivity contribution in [3.63, 3.8) is 0 Å².